The van der Waals surface area contributed by atoms with Crippen molar-refractivity contribution in [1.82, 2.24) is 9.97 Å². The number of anilines is 1. The van der Waals surface area contributed by atoms with Crippen molar-refractivity contribution < 1.29 is 4.74 Å². The topological polar surface area (TPSA) is 73.1 Å². The third kappa shape index (κ3) is 3.35. The number of aryl methyl sites for hydroxylation is 1. The van der Waals surface area contributed by atoms with Crippen LogP contribution in [-0.2, 0) is 0 Å². The van der Waals surface area contributed by atoms with Crippen molar-refractivity contribution in [3.8, 4) is 5.88 Å². The number of rotatable bonds is 3. The van der Waals surface area contributed by atoms with E-state index in [2.05, 4.69) is 29.2 Å². The minimum Gasteiger partial charge on any atom is -0.474 e. The average Bonchev–Trinajstić information content (AvgIpc) is 2.35. The summed E-state index contributed by atoms with van der Waals surface area (Å²) in [7, 11) is 0. The van der Waals surface area contributed by atoms with E-state index in [1.165, 1.54) is 12.8 Å². The molecule has 3 N–H and O–H groups in total. The van der Waals surface area contributed by atoms with Crippen molar-refractivity contribution in [2.75, 3.05) is 5.43 Å². The zero-order chi connectivity index (χ0) is 14.0. The molecule has 1 fully saturated rings. The molecular weight excluding hydrogens is 240 g/mol. The van der Waals surface area contributed by atoms with Gasteiger partial charge in [-0.15, -0.1) is 0 Å². The molecule has 1 aliphatic carbocycles. The quantitative estimate of drug-likeness (QED) is 0.648. The second-order valence-corrected chi connectivity index (χ2v) is 6.18. The van der Waals surface area contributed by atoms with E-state index in [1.807, 2.05) is 13.8 Å². The van der Waals surface area contributed by atoms with Crippen LogP contribution in [0.2, 0.25) is 0 Å². The number of nitrogens with zero attached hydrogens (tertiary/aromatic N) is 2. The molecule has 0 aromatic carbocycles. The molecule has 2 rings (SSSR count). The van der Waals surface area contributed by atoms with Gasteiger partial charge in [0.1, 0.15) is 17.7 Å². The van der Waals surface area contributed by atoms with Gasteiger partial charge >= 0.3 is 0 Å². The van der Waals surface area contributed by atoms with Crippen LogP contribution in [0.5, 0.6) is 5.88 Å². The van der Waals surface area contributed by atoms with Crippen LogP contribution in [0.15, 0.2) is 0 Å². The van der Waals surface area contributed by atoms with Crippen molar-refractivity contribution in [2.45, 2.75) is 59.5 Å². The molecule has 19 heavy (non-hydrogen) atoms. The van der Waals surface area contributed by atoms with Crippen molar-refractivity contribution in [3.63, 3.8) is 0 Å². The van der Waals surface area contributed by atoms with Gasteiger partial charge in [-0.2, -0.15) is 4.98 Å². The van der Waals surface area contributed by atoms with Gasteiger partial charge in [0.05, 0.1) is 5.56 Å². The number of hydrazine groups is 1. The van der Waals surface area contributed by atoms with Gasteiger partial charge in [-0.1, -0.05) is 13.8 Å². The summed E-state index contributed by atoms with van der Waals surface area (Å²) in [5.74, 6) is 7.43. The van der Waals surface area contributed by atoms with Crippen LogP contribution in [0.4, 0.5) is 5.82 Å². The standard InChI is InChI=1S/C14H24N4O/c1-9-12(18-15)16-10(2)17-13(9)19-11-5-7-14(3,4)8-6-11/h11H,5-8,15H2,1-4H3,(H,16,17,18). The summed E-state index contributed by atoms with van der Waals surface area (Å²) in [6.45, 7) is 8.41. The zero-order valence-corrected chi connectivity index (χ0v) is 12.3. The number of hydrogen-bond acceptors (Lipinski definition) is 5. The molecular formula is C14H24N4O. The van der Waals surface area contributed by atoms with Crippen LogP contribution in [0.25, 0.3) is 0 Å². The number of ether oxygens (including phenoxy) is 1. The maximum Gasteiger partial charge on any atom is 0.222 e. The maximum atomic E-state index is 6.06. The largest absolute Gasteiger partial charge is 0.474 e. The predicted octanol–water partition coefficient (Wildman–Crippen LogP) is 2.73. The monoisotopic (exact) mass is 264 g/mol. The first-order valence-corrected chi connectivity index (χ1v) is 6.90. The normalized spacial score (nSPS) is 19.2. The lowest BCUT2D eigenvalue weighted by Crippen LogP contribution is -2.29. The number of nitrogens with one attached hydrogen (secondary N) is 1. The van der Waals surface area contributed by atoms with E-state index in [0.717, 1.165) is 18.4 Å². The molecule has 1 saturated carbocycles. The minimum absolute atomic E-state index is 0.256. The van der Waals surface area contributed by atoms with E-state index in [1.54, 1.807) is 0 Å². The second kappa shape index (κ2) is 5.33. The van der Waals surface area contributed by atoms with Crippen LogP contribution in [0.3, 0.4) is 0 Å². The van der Waals surface area contributed by atoms with Gasteiger partial charge in [0, 0.05) is 0 Å². The van der Waals surface area contributed by atoms with Crippen molar-refractivity contribution in [1.29, 1.82) is 0 Å². The fourth-order valence-electron chi connectivity index (χ4n) is 2.51. The fourth-order valence-corrected chi connectivity index (χ4v) is 2.51. The van der Waals surface area contributed by atoms with Crippen molar-refractivity contribution in [2.24, 2.45) is 11.3 Å². The molecule has 1 aromatic rings. The highest BCUT2D eigenvalue weighted by Gasteiger charge is 2.28. The highest BCUT2D eigenvalue weighted by molar-refractivity contribution is 5.47. The Hall–Kier alpha value is -1.36. The maximum absolute atomic E-state index is 6.06. The average molecular weight is 264 g/mol. The van der Waals surface area contributed by atoms with E-state index in [0.29, 0.717) is 22.9 Å². The first-order chi connectivity index (χ1) is 8.91. The van der Waals surface area contributed by atoms with Gasteiger partial charge < -0.3 is 10.2 Å². The van der Waals surface area contributed by atoms with Gasteiger partial charge in [-0.3, -0.25) is 0 Å². The summed E-state index contributed by atoms with van der Waals surface area (Å²) in [5.41, 5.74) is 3.91. The Morgan fingerprint density at radius 1 is 1.21 bits per heavy atom. The van der Waals surface area contributed by atoms with Crippen LogP contribution < -0.4 is 16.0 Å². The lowest BCUT2D eigenvalue weighted by atomic mass is 9.76. The number of aromatic nitrogens is 2. The second-order valence-electron chi connectivity index (χ2n) is 6.18. The third-order valence-corrected chi connectivity index (χ3v) is 3.91. The van der Waals surface area contributed by atoms with Crippen LogP contribution in [0, 0.1) is 19.3 Å². The SMILES string of the molecule is Cc1nc(NN)c(C)c(OC2CCC(C)(C)CC2)n1. The van der Waals surface area contributed by atoms with Gasteiger partial charge in [0.15, 0.2) is 0 Å². The highest BCUT2D eigenvalue weighted by atomic mass is 16.5. The summed E-state index contributed by atoms with van der Waals surface area (Å²) >= 11 is 0. The Labute approximate surface area is 114 Å². The van der Waals surface area contributed by atoms with E-state index < -0.39 is 0 Å². The Morgan fingerprint density at radius 2 is 1.84 bits per heavy atom. The van der Waals surface area contributed by atoms with Crippen molar-refractivity contribution >= 4 is 5.82 Å². The molecule has 1 heterocycles. The molecule has 0 bridgehead atoms. The lowest BCUT2D eigenvalue weighted by Gasteiger charge is -2.34. The summed E-state index contributed by atoms with van der Waals surface area (Å²) in [4.78, 5) is 8.62. The molecule has 0 radical (unpaired) electrons. The van der Waals surface area contributed by atoms with Crippen molar-refractivity contribution in [3.05, 3.63) is 11.4 Å². The molecule has 0 aliphatic heterocycles. The molecule has 5 heteroatoms. The Morgan fingerprint density at radius 3 is 2.42 bits per heavy atom. The third-order valence-electron chi connectivity index (χ3n) is 3.91. The summed E-state index contributed by atoms with van der Waals surface area (Å²) < 4.78 is 6.06. The fraction of sp³-hybridized carbons (Fsp3) is 0.714. The summed E-state index contributed by atoms with van der Waals surface area (Å²) in [6.07, 6.45) is 4.82. The van der Waals surface area contributed by atoms with Gasteiger partial charge in [-0.25, -0.2) is 10.8 Å². The Bertz CT molecular complexity index is 449. The first-order valence-electron chi connectivity index (χ1n) is 6.90. The molecule has 1 aliphatic rings. The molecule has 0 amide bonds. The summed E-state index contributed by atoms with van der Waals surface area (Å²) in [6, 6.07) is 0. The molecule has 0 atom stereocenters. The van der Waals surface area contributed by atoms with Crippen LogP contribution in [-0.4, -0.2) is 16.1 Å². The van der Waals surface area contributed by atoms with E-state index >= 15 is 0 Å². The Kier molecular flexibility index (Phi) is 3.94. The molecule has 0 saturated heterocycles. The molecule has 1 aromatic heterocycles. The number of nitrogen functional groups attached to an aromatic ring is 1. The molecule has 0 spiro atoms. The van der Waals surface area contributed by atoms with E-state index in [-0.39, 0.29) is 6.10 Å². The minimum atomic E-state index is 0.256. The number of nitrogens with two attached hydrogens (primary N) is 1. The first kappa shape index (κ1) is 14.1. The molecule has 5 nitrogen and oxygen atoms in total. The molecule has 106 valence electrons. The molecule has 0 unspecified atom stereocenters. The van der Waals surface area contributed by atoms with E-state index in [4.69, 9.17) is 10.6 Å². The van der Waals surface area contributed by atoms with Gasteiger partial charge in [0.2, 0.25) is 5.88 Å². The lowest BCUT2D eigenvalue weighted by molar-refractivity contribution is 0.0940. The van der Waals surface area contributed by atoms with E-state index in [9.17, 15) is 0 Å². The smallest absolute Gasteiger partial charge is 0.222 e. The van der Waals surface area contributed by atoms with Crippen LogP contribution in [0.1, 0.15) is 50.9 Å². The van der Waals surface area contributed by atoms with Crippen LogP contribution >= 0.6 is 0 Å². The summed E-state index contributed by atoms with van der Waals surface area (Å²) in [5, 5.41) is 0. The zero-order valence-electron chi connectivity index (χ0n) is 12.3. The predicted molar refractivity (Wildman–Crippen MR) is 76.0 cm³/mol. The van der Waals surface area contributed by atoms with Gasteiger partial charge in [-0.05, 0) is 44.9 Å². The number of hydrogen-bond donors (Lipinski definition) is 2. The van der Waals surface area contributed by atoms with Gasteiger partial charge in [0.25, 0.3) is 0 Å². The highest BCUT2D eigenvalue weighted by Crippen LogP contribution is 2.37. The Balaban J connectivity index is 2.09.